The van der Waals surface area contributed by atoms with E-state index in [1.54, 1.807) is 0 Å². The average molecular weight is 282 g/mol. The molecule has 1 aromatic heterocycles. The molecule has 2 heteroatoms. The Balaban J connectivity index is 2.34. The third-order valence-electron chi connectivity index (χ3n) is 4.27. The molecule has 0 saturated carbocycles. The second-order valence-corrected chi connectivity index (χ2v) is 5.68. The second kappa shape index (κ2) is 7.26. The van der Waals surface area contributed by atoms with Gasteiger partial charge in [0.2, 0.25) is 0 Å². The van der Waals surface area contributed by atoms with Gasteiger partial charge in [-0.2, -0.15) is 0 Å². The molecule has 0 amide bonds. The minimum absolute atomic E-state index is 0.235. The van der Waals surface area contributed by atoms with Gasteiger partial charge in [0.05, 0.1) is 17.4 Å². The first-order valence-electron chi connectivity index (χ1n) is 7.94. The zero-order valence-electron chi connectivity index (χ0n) is 13.6. The van der Waals surface area contributed by atoms with Gasteiger partial charge < -0.3 is 5.32 Å². The lowest BCUT2D eigenvalue weighted by Gasteiger charge is -2.26. The predicted molar refractivity (Wildman–Crippen MR) is 92.3 cm³/mol. The van der Waals surface area contributed by atoms with Crippen LogP contribution in [0.25, 0.3) is 6.08 Å². The molecule has 2 atom stereocenters. The average Bonchev–Trinajstić information content (AvgIpc) is 2.54. The van der Waals surface area contributed by atoms with Crippen LogP contribution in [0, 0.1) is 5.92 Å². The topological polar surface area (TPSA) is 24.9 Å². The fourth-order valence-electron chi connectivity index (χ4n) is 2.57. The molecule has 0 spiro atoms. The van der Waals surface area contributed by atoms with Crippen molar-refractivity contribution in [2.24, 2.45) is 5.92 Å². The van der Waals surface area contributed by atoms with Gasteiger partial charge in [-0.1, -0.05) is 44.6 Å². The van der Waals surface area contributed by atoms with E-state index < -0.39 is 0 Å². The molecule has 0 fully saturated rings. The first kappa shape index (κ1) is 15.6. The smallest absolute Gasteiger partial charge is 0.0858 e. The van der Waals surface area contributed by atoms with Crippen LogP contribution in [0.4, 0.5) is 5.69 Å². The Hall–Kier alpha value is -1.83. The summed E-state index contributed by atoms with van der Waals surface area (Å²) in [7, 11) is 0. The van der Waals surface area contributed by atoms with Gasteiger partial charge in [-0.15, -0.1) is 0 Å². The molecule has 0 bridgehead atoms. The van der Waals surface area contributed by atoms with E-state index >= 15 is 0 Å². The summed E-state index contributed by atoms with van der Waals surface area (Å²) in [5.41, 5.74) is 4.99. The Morgan fingerprint density at radius 3 is 2.95 bits per heavy atom. The first-order valence-corrected chi connectivity index (χ1v) is 7.94. The van der Waals surface area contributed by atoms with Crippen molar-refractivity contribution in [1.82, 2.24) is 4.98 Å². The molecule has 2 unspecified atom stereocenters. The van der Waals surface area contributed by atoms with E-state index in [0.29, 0.717) is 5.92 Å². The summed E-state index contributed by atoms with van der Waals surface area (Å²) in [5.74, 6) is 0.604. The van der Waals surface area contributed by atoms with Crippen molar-refractivity contribution < 1.29 is 0 Å². The summed E-state index contributed by atoms with van der Waals surface area (Å²) in [6.45, 7) is 8.99. The number of hydrogen-bond acceptors (Lipinski definition) is 2. The van der Waals surface area contributed by atoms with E-state index in [9.17, 15) is 0 Å². The number of nitrogens with zero attached hydrogens (tertiary/aromatic N) is 1. The van der Waals surface area contributed by atoms with Crippen molar-refractivity contribution in [2.45, 2.75) is 46.6 Å². The molecule has 1 aromatic rings. The third-order valence-corrected chi connectivity index (χ3v) is 4.27. The van der Waals surface area contributed by atoms with E-state index in [1.165, 1.54) is 17.6 Å². The first-order chi connectivity index (χ1) is 10.2. The highest BCUT2D eigenvalue weighted by Gasteiger charge is 2.18. The lowest BCUT2D eigenvalue weighted by molar-refractivity contribution is 0.646. The van der Waals surface area contributed by atoms with E-state index in [2.05, 4.69) is 68.4 Å². The van der Waals surface area contributed by atoms with Crippen molar-refractivity contribution in [2.75, 3.05) is 5.32 Å². The largest absolute Gasteiger partial charge is 0.373 e. The molecule has 1 aliphatic rings. The minimum atomic E-state index is 0.235. The van der Waals surface area contributed by atoms with Crippen molar-refractivity contribution in [3.8, 4) is 0 Å². The molecule has 0 saturated heterocycles. The van der Waals surface area contributed by atoms with E-state index in [4.69, 9.17) is 0 Å². The molecule has 2 nitrogen and oxygen atoms in total. The lowest BCUT2D eigenvalue weighted by Crippen LogP contribution is -2.24. The van der Waals surface area contributed by atoms with Crippen LogP contribution in [-0.2, 0) is 0 Å². The van der Waals surface area contributed by atoms with Crippen LogP contribution in [-0.4, -0.2) is 11.0 Å². The Morgan fingerprint density at radius 2 is 2.24 bits per heavy atom. The number of anilines is 1. The molecular formula is C19H26N2. The maximum atomic E-state index is 4.39. The molecule has 21 heavy (non-hydrogen) atoms. The molecule has 2 heterocycles. The Labute approximate surface area is 128 Å². The Morgan fingerprint density at radius 1 is 1.43 bits per heavy atom. The summed E-state index contributed by atoms with van der Waals surface area (Å²) in [6, 6.07) is 4.31. The van der Waals surface area contributed by atoms with Crippen LogP contribution < -0.4 is 5.32 Å². The zero-order valence-corrected chi connectivity index (χ0v) is 13.6. The summed E-state index contributed by atoms with van der Waals surface area (Å²) >= 11 is 0. The van der Waals surface area contributed by atoms with Crippen molar-refractivity contribution in [3.05, 3.63) is 53.4 Å². The second-order valence-electron chi connectivity index (χ2n) is 5.68. The van der Waals surface area contributed by atoms with Crippen LogP contribution >= 0.6 is 0 Å². The van der Waals surface area contributed by atoms with Crippen LogP contribution in [0.1, 0.15) is 46.2 Å². The van der Waals surface area contributed by atoms with Gasteiger partial charge in [-0.25, -0.2) is 0 Å². The highest BCUT2D eigenvalue weighted by molar-refractivity contribution is 5.69. The molecule has 1 N–H and O–H groups in total. The van der Waals surface area contributed by atoms with Gasteiger partial charge in [-0.3, -0.25) is 4.98 Å². The molecule has 0 aromatic carbocycles. The van der Waals surface area contributed by atoms with Crippen molar-refractivity contribution in [3.63, 3.8) is 0 Å². The van der Waals surface area contributed by atoms with Gasteiger partial charge in [0.15, 0.2) is 0 Å². The monoisotopic (exact) mass is 282 g/mol. The molecule has 112 valence electrons. The standard InChI is InChI=1S/C19H26N2/c1-5-7-9-16(15(4)14(3)6-2)17-11-12-18-19(21-17)10-8-13-20-18/h7-14,17,21H,5-6H2,1-4H3/b9-7-,16-15-. The molecule has 1 aliphatic heterocycles. The van der Waals surface area contributed by atoms with Crippen LogP contribution in [0.15, 0.2) is 47.7 Å². The quantitative estimate of drug-likeness (QED) is 0.749. The maximum absolute atomic E-state index is 4.39. The van der Waals surface area contributed by atoms with Gasteiger partial charge in [-0.05, 0) is 49.5 Å². The number of aromatic nitrogens is 1. The van der Waals surface area contributed by atoms with E-state index in [1.807, 2.05) is 12.3 Å². The molecule has 2 rings (SSSR count). The van der Waals surface area contributed by atoms with Crippen molar-refractivity contribution in [1.29, 1.82) is 0 Å². The summed E-state index contributed by atoms with van der Waals surface area (Å²) < 4.78 is 0. The fourth-order valence-corrected chi connectivity index (χ4v) is 2.57. The summed E-state index contributed by atoms with van der Waals surface area (Å²) in [4.78, 5) is 4.39. The van der Waals surface area contributed by atoms with Gasteiger partial charge >= 0.3 is 0 Å². The Bertz CT molecular complexity index is 567. The molecular weight excluding hydrogens is 256 g/mol. The van der Waals surface area contributed by atoms with Gasteiger partial charge in [0.1, 0.15) is 0 Å². The number of fused-ring (bicyclic) bond motifs is 1. The normalized spacial score (nSPS) is 19.9. The zero-order chi connectivity index (χ0) is 15.2. The summed E-state index contributed by atoms with van der Waals surface area (Å²) in [5, 5.41) is 3.61. The number of rotatable bonds is 5. The third kappa shape index (κ3) is 3.63. The van der Waals surface area contributed by atoms with Crippen LogP contribution in [0.3, 0.4) is 0 Å². The van der Waals surface area contributed by atoms with Crippen LogP contribution in [0.2, 0.25) is 0 Å². The SMILES string of the molecule is CC/C=C\C(=C(/C)C(C)CC)C1C=Cc2ncccc2N1. The van der Waals surface area contributed by atoms with E-state index in [-0.39, 0.29) is 6.04 Å². The number of hydrogen-bond donors (Lipinski definition) is 1. The lowest BCUT2D eigenvalue weighted by atomic mass is 9.89. The number of nitrogens with one attached hydrogen (secondary N) is 1. The predicted octanol–water partition coefficient (Wildman–Crippen LogP) is 5.22. The van der Waals surface area contributed by atoms with Crippen molar-refractivity contribution >= 4 is 11.8 Å². The summed E-state index contributed by atoms with van der Waals surface area (Å²) in [6.07, 6.45) is 12.9. The number of pyridine rings is 1. The molecule has 0 aliphatic carbocycles. The minimum Gasteiger partial charge on any atom is -0.373 e. The molecule has 0 radical (unpaired) electrons. The van der Waals surface area contributed by atoms with Gasteiger partial charge in [0.25, 0.3) is 0 Å². The van der Waals surface area contributed by atoms with E-state index in [0.717, 1.165) is 17.8 Å². The van der Waals surface area contributed by atoms with Crippen LogP contribution in [0.5, 0.6) is 0 Å². The Kier molecular flexibility index (Phi) is 5.38. The highest BCUT2D eigenvalue weighted by atomic mass is 14.9. The number of allylic oxidation sites excluding steroid dienone is 2. The van der Waals surface area contributed by atoms with Gasteiger partial charge in [0, 0.05) is 6.20 Å². The maximum Gasteiger partial charge on any atom is 0.0858 e. The fraction of sp³-hybridized carbons (Fsp3) is 0.421. The highest BCUT2D eigenvalue weighted by Crippen LogP contribution is 2.28.